The van der Waals surface area contributed by atoms with Crippen molar-refractivity contribution in [3.8, 4) is 0 Å². The smallest absolute Gasteiger partial charge is 0.220 e. The number of hydrogen-bond donors (Lipinski definition) is 2. The van der Waals surface area contributed by atoms with Crippen LogP contribution in [0.25, 0.3) is 0 Å². The van der Waals surface area contributed by atoms with Gasteiger partial charge < -0.3 is 10.4 Å². The van der Waals surface area contributed by atoms with Gasteiger partial charge in [0.1, 0.15) is 0 Å². The molecular formula is C9H17NO2. The number of carbonyl (C=O) groups excluding carboxylic acids is 1. The quantitative estimate of drug-likeness (QED) is 0.650. The van der Waals surface area contributed by atoms with Crippen LogP contribution in [0.4, 0.5) is 0 Å². The molecule has 0 aromatic rings. The molecule has 2 N–H and O–H groups in total. The van der Waals surface area contributed by atoms with E-state index in [2.05, 4.69) is 19.2 Å². The summed E-state index contributed by atoms with van der Waals surface area (Å²) in [5, 5.41) is 12.0. The van der Waals surface area contributed by atoms with Crippen LogP contribution in [-0.2, 0) is 4.79 Å². The SMILES string of the molecule is CC(C)CC1(CO)CNC(=O)C1. The number of nitrogens with one attached hydrogen (secondary N) is 1. The van der Waals surface area contributed by atoms with Gasteiger partial charge in [-0.1, -0.05) is 13.8 Å². The lowest BCUT2D eigenvalue weighted by Crippen LogP contribution is -2.29. The molecule has 3 heteroatoms. The Hall–Kier alpha value is -0.570. The van der Waals surface area contributed by atoms with Crippen molar-refractivity contribution in [3.05, 3.63) is 0 Å². The molecule has 0 spiro atoms. The molecule has 0 aromatic carbocycles. The van der Waals surface area contributed by atoms with Crippen molar-refractivity contribution in [1.82, 2.24) is 5.32 Å². The van der Waals surface area contributed by atoms with Crippen molar-refractivity contribution >= 4 is 5.91 Å². The predicted octanol–water partition coefficient (Wildman–Crippen LogP) is 0.531. The Bertz CT molecular complexity index is 179. The van der Waals surface area contributed by atoms with Crippen LogP contribution in [0, 0.1) is 11.3 Å². The maximum absolute atomic E-state index is 11.0. The number of amides is 1. The fourth-order valence-corrected chi connectivity index (χ4v) is 1.94. The molecule has 1 heterocycles. The molecule has 1 rings (SSSR count). The molecule has 0 radical (unpaired) electrons. The van der Waals surface area contributed by atoms with Gasteiger partial charge in [-0.2, -0.15) is 0 Å². The Morgan fingerprint density at radius 3 is 2.67 bits per heavy atom. The van der Waals surface area contributed by atoms with E-state index in [1.54, 1.807) is 0 Å². The van der Waals surface area contributed by atoms with Crippen molar-refractivity contribution in [2.24, 2.45) is 11.3 Å². The Morgan fingerprint density at radius 1 is 1.67 bits per heavy atom. The van der Waals surface area contributed by atoms with Crippen LogP contribution >= 0.6 is 0 Å². The summed E-state index contributed by atoms with van der Waals surface area (Å²) in [6, 6.07) is 0. The highest BCUT2D eigenvalue weighted by molar-refractivity contribution is 5.79. The Morgan fingerprint density at radius 2 is 2.33 bits per heavy atom. The summed E-state index contributed by atoms with van der Waals surface area (Å²) >= 11 is 0. The largest absolute Gasteiger partial charge is 0.396 e. The number of carbonyl (C=O) groups is 1. The summed E-state index contributed by atoms with van der Waals surface area (Å²) < 4.78 is 0. The van der Waals surface area contributed by atoms with E-state index in [-0.39, 0.29) is 17.9 Å². The lowest BCUT2D eigenvalue weighted by atomic mass is 9.80. The molecule has 0 saturated carbocycles. The Balaban J connectivity index is 2.58. The van der Waals surface area contributed by atoms with Crippen LogP contribution in [-0.4, -0.2) is 24.2 Å². The number of aliphatic hydroxyl groups is 1. The number of hydrogen-bond acceptors (Lipinski definition) is 2. The van der Waals surface area contributed by atoms with E-state index in [4.69, 9.17) is 0 Å². The van der Waals surface area contributed by atoms with Crippen LogP contribution in [0.2, 0.25) is 0 Å². The molecular weight excluding hydrogens is 154 g/mol. The van der Waals surface area contributed by atoms with E-state index in [9.17, 15) is 9.90 Å². The van der Waals surface area contributed by atoms with Gasteiger partial charge in [0.25, 0.3) is 0 Å². The molecule has 0 bridgehead atoms. The van der Waals surface area contributed by atoms with E-state index in [1.165, 1.54) is 0 Å². The van der Waals surface area contributed by atoms with Crippen molar-refractivity contribution in [3.63, 3.8) is 0 Å². The first-order chi connectivity index (χ1) is 5.58. The monoisotopic (exact) mass is 171 g/mol. The van der Waals surface area contributed by atoms with Gasteiger partial charge in [-0.05, 0) is 12.3 Å². The van der Waals surface area contributed by atoms with E-state index in [1.807, 2.05) is 0 Å². The van der Waals surface area contributed by atoms with Gasteiger partial charge in [0, 0.05) is 18.4 Å². The third kappa shape index (κ3) is 1.97. The lowest BCUT2D eigenvalue weighted by molar-refractivity contribution is -0.120. The van der Waals surface area contributed by atoms with Crippen molar-refractivity contribution in [1.29, 1.82) is 0 Å². The van der Waals surface area contributed by atoms with Gasteiger partial charge in [-0.25, -0.2) is 0 Å². The molecule has 1 saturated heterocycles. The fourth-order valence-electron chi connectivity index (χ4n) is 1.94. The van der Waals surface area contributed by atoms with Gasteiger partial charge in [-0.15, -0.1) is 0 Å². The van der Waals surface area contributed by atoms with Crippen LogP contribution in [0.1, 0.15) is 26.7 Å². The second-order valence-corrected chi connectivity index (χ2v) is 4.21. The highest BCUT2D eigenvalue weighted by Crippen LogP contribution is 2.32. The topological polar surface area (TPSA) is 49.3 Å². The van der Waals surface area contributed by atoms with Gasteiger partial charge >= 0.3 is 0 Å². The molecule has 3 nitrogen and oxygen atoms in total. The maximum Gasteiger partial charge on any atom is 0.220 e. The van der Waals surface area contributed by atoms with Crippen LogP contribution in [0.15, 0.2) is 0 Å². The zero-order valence-corrected chi connectivity index (χ0v) is 7.76. The normalized spacial score (nSPS) is 29.5. The number of rotatable bonds is 3. The minimum Gasteiger partial charge on any atom is -0.396 e. The molecule has 0 aromatic heterocycles. The molecule has 1 aliphatic rings. The fraction of sp³-hybridized carbons (Fsp3) is 0.889. The lowest BCUT2D eigenvalue weighted by Gasteiger charge is -2.26. The van der Waals surface area contributed by atoms with E-state index in [0.29, 0.717) is 18.9 Å². The minimum absolute atomic E-state index is 0.0738. The Labute approximate surface area is 73.2 Å². The average molecular weight is 171 g/mol. The summed E-state index contributed by atoms with van der Waals surface area (Å²) in [6.07, 6.45) is 1.41. The summed E-state index contributed by atoms with van der Waals surface area (Å²) in [6.45, 7) is 4.98. The highest BCUT2D eigenvalue weighted by atomic mass is 16.3. The van der Waals surface area contributed by atoms with Gasteiger partial charge in [0.05, 0.1) is 6.61 Å². The first kappa shape index (κ1) is 9.52. The van der Waals surface area contributed by atoms with Crippen molar-refractivity contribution < 1.29 is 9.90 Å². The molecule has 1 aliphatic heterocycles. The van der Waals surface area contributed by atoms with Gasteiger partial charge in [0.2, 0.25) is 5.91 Å². The summed E-state index contributed by atoms with van der Waals surface area (Å²) in [7, 11) is 0. The minimum atomic E-state index is -0.175. The van der Waals surface area contributed by atoms with Crippen LogP contribution < -0.4 is 5.32 Å². The van der Waals surface area contributed by atoms with E-state index >= 15 is 0 Å². The average Bonchev–Trinajstić information content (AvgIpc) is 2.32. The van der Waals surface area contributed by atoms with Crippen molar-refractivity contribution in [2.75, 3.05) is 13.2 Å². The second kappa shape index (κ2) is 3.44. The highest BCUT2D eigenvalue weighted by Gasteiger charge is 2.38. The zero-order chi connectivity index (χ0) is 9.19. The summed E-state index contributed by atoms with van der Waals surface area (Å²) in [4.78, 5) is 11.0. The third-order valence-corrected chi connectivity index (χ3v) is 2.37. The standard InChI is InChI=1S/C9H17NO2/c1-7(2)3-9(6-11)4-8(12)10-5-9/h7,11H,3-6H2,1-2H3,(H,10,12). The Kier molecular flexibility index (Phi) is 2.73. The zero-order valence-electron chi connectivity index (χ0n) is 7.76. The molecule has 0 aliphatic carbocycles. The van der Waals surface area contributed by atoms with E-state index < -0.39 is 0 Å². The maximum atomic E-state index is 11.0. The summed E-state index contributed by atoms with van der Waals surface area (Å²) in [5.74, 6) is 0.606. The van der Waals surface area contributed by atoms with Crippen LogP contribution in [0.3, 0.4) is 0 Å². The third-order valence-electron chi connectivity index (χ3n) is 2.37. The van der Waals surface area contributed by atoms with Crippen molar-refractivity contribution in [2.45, 2.75) is 26.7 Å². The first-order valence-corrected chi connectivity index (χ1v) is 4.45. The molecule has 12 heavy (non-hydrogen) atoms. The second-order valence-electron chi connectivity index (χ2n) is 4.21. The van der Waals surface area contributed by atoms with Gasteiger partial charge in [0.15, 0.2) is 0 Å². The van der Waals surface area contributed by atoms with E-state index in [0.717, 1.165) is 6.42 Å². The van der Waals surface area contributed by atoms with Crippen LogP contribution in [0.5, 0.6) is 0 Å². The molecule has 70 valence electrons. The van der Waals surface area contributed by atoms with Gasteiger partial charge in [-0.3, -0.25) is 4.79 Å². The molecule has 1 amide bonds. The number of aliphatic hydroxyl groups excluding tert-OH is 1. The summed E-state index contributed by atoms with van der Waals surface area (Å²) in [5.41, 5.74) is -0.175. The molecule has 1 unspecified atom stereocenters. The molecule has 1 fully saturated rings. The first-order valence-electron chi connectivity index (χ1n) is 4.45. The predicted molar refractivity (Wildman–Crippen MR) is 46.6 cm³/mol. The molecule has 1 atom stereocenters.